The van der Waals surface area contributed by atoms with Crippen LogP contribution in [-0.2, 0) is 10.9 Å². The standard InChI is InChI=1S/C20H19OS2/c1-4-17-19(5-2)23(20-10-8-7-9-18(20)22-17)16-13-11-15(12-14-16)21-6-3/h4-5,7-14H,1-2,6H2,3H3/q+1. The molecule has 1 unspecified atom stereocenters. The molecule has 23 heavy (non-hydrogen) atoms. The number of ether oxygens (including phenoxy) is 1. The van der Waals surface area contributed by atoms with Crippen molar-refractivity contribution in [2.24, 2.45) is 0 Å². The van der Waals surface area contributed by atoms with Crippen molar-refractivity contribution in [3.63, 3.8) is 0 Å². The van der Waals surface area contributed by atoms with Crippen LogP contribution in [0.5, 0.6) is 5.75 Å². The van der Waals surface area contributed by atoms with Crippen LogP contribution >= 0.6 is 11.8 Å². The molecule has 1 nitrogen and oxygen atoms in total. The normalized spacial score (nSPS) is 16.7. The maximum Gasteiger partial charge on any atom is 0.180 e. The average molecular weight is 340 g/mol. The molecule has 0 aromatic heterocycles. The van der Waals surface area contributed by atoms with Gasteiger partial charge in [-0.05, 0) is 49.4 Å². The minimum absolute atomic E-state index is 0.149. The summed E-state index contributed by atoms with van der Waals surface area (Å²) in [6, 6.07) is 17.0. The molecule has 1 aliphatic rings. The first kappa shape index (κ1) is 16.0. The number of fused-ring (bicyclic) bond motifs is 1. The number of rotatable bonds is 5. The highest BCUT2D eigenvalue weighted by atomic mass is 32.2. The van der Waals surface area contributed by atoms with Gasteiger partial charge in [0.25, 0.3) is 0 Å². The van der Waals surface area contributed by atoms with Crippen molar-refractivity contribution in [2.45, 2.75) is 21.6 Å². The molecule has 0 bridgehead atoms. The van der Waals surface area contributed by atoms with E-state index in [9.17, 15) is 0 Å². The third-order valence-electron chi connectivity index (χ3n) is 3.49. The van der Waals surface area contributed by atoms with Gasteiger partial charge in [-0.2, -0.15) is 0 Å². The van der Waals surface area contributed by atoms with Crippen molar-refractivity contribution in [1.82, 2.24) is 0 Å². The van der Waals surface area contributed by atoms with E-state index < -0.39 is 0 Å². The van der Waals surface area contributed by atoms with Gasteiger partial charge in [-0.1, -0.05) is 43.1 Å². The van der Waals surface area contributed by atoms with E-state index in [0.717, 1.165) is 5.75 Å². The lowest BCUT2D eigenvalue weighted by molar-refractivity contribution is 0.340. The van der Waals surface area contributed by atoms with E-state index in [1.165, 1.54) is 24.5 Å². The van der Waals surface area contributed by atoms with Gasteiger partial charge in [0.1, 0.15) is 16.6 Å². The summed E-state index contributed by atoms with van der Waals surface area (Å²) in [4.78, 5) is 6.35. The molecular weight excluding hydrogens is 320 g/mol. The molecule has 2 aromatic carbocycles. The largest absolute Gasteiger partial charge is 0.494 e. The first-order valence-electron chi connectivity index (χ1n) is 7.51. The Morgan fingerprint density at radius 2 is 1.78 bits per heavy atom. The third-order valence-corrected chi connectivity index (χ3v) is 7.30. The molecule has 0 N–H and O–H groups in total. The summed E-state index contributed by atoms with van der Waals surface area (Å²) in [7, 11) is -0.149. The highest BCUT2D eigenvalue weighted by Crippen LogP contribution is 2.47. The molecule has 1 aliphatic heterocycles. The average Bonchev–Trinajstić information content (AvgIpc) is 2.61. The Hall–Kier alpha value is -1.84. The first-order chi connectivity index (χ1) is 11.3. The quantitative estimate of drug-likeness (QED) is 0.636. The van der Waals surface area contributed by atoms with E-state index in [0.29, 0.717) is 6.61 Å². The van der Waals surface area contributed by atoms with Crippen molar-refractivity contribution in [3.8, 4) is 5.75 Å². The number of hydrogen-bond acceptors (Lipinski definition) is 2. The van der Waals surface area contributed by atoms with E-state index in [4.69, 9.17) is 4.74 Å². The molecule has 0 radical (unpaired) electrons. The second-order valence-electron chi connectivity index (χ2n) is 4.90. The molecule has 0 saturated heterocycles. The Balaban J connectivity index is 2.11. The van der Waals surface area contributed by atoms with E-state index in [-0.39, 0.29) is 10.9 Å². The van der Waals surface area contributed by atoms with Crippen LogP contribution in [-0.4, -0.2) is 6.61 Å². The summed E-state index contributed by atoms with van der Waals surface area (Å²) in [5.74, 6) is 0.910. The number of hydrogen-bond donors (Lipinski definition) is 0. The fraction of sp³-hybridized carbons (Fsp3) is 0.100. The summed E-state index contributed by atoms with van der Waals surface area (Å²) in [5.41, 5.74) is 0. The predicted molar refractivity (Wildman–Crippen MR) is 101 cm³/mol. The summed E-state index contributed by atoms with van der Waals surface area (Å²) in [6.45, 7) is 10.7. The molecule has 1 heterocycles. The number of benzene rings is 2. The molecule has 0 aliphatic carbocycles. The molecular formula is C20H19OS2+. The highest BCUT2D eigenvalue weighted by Gasteiger charge is 2.37. The molecule has 116 valence electrons. The summed E-state index contributed by atoms with van der Waals surface area (Å²) < 4.78 is 5.56. The molecule has 3 heteroatoms. The molecule has 0 amide bonds. The zero-order valence-electron chi connectivity index (χ0n) is 13.1. The molecule has 3 rings (SSSR count). The lowest BCUT2D eigenvalue weighted by Crippen LogP contribution is -2.12. The van der Waals surface area contributed by atoms with Crippen molar-refractivity contribution < 1.29 is 4.74 Å². The third kappa shape index (κ3) is 3.12. The number of allylic oxidation sites excluding steroid dienone is 2. The maximum atomic E-state index is 5.56. The van der Waals surface area contributed by atoms with Crippen molar-refractivity contribution in [1.29, 1.82) is 0 Å². The van der Waals surface area contributed by atoms with E-state index in [2.05, 4.69) is 49.6 Å². The van der Waals surface area contributed by atoms with Gasteiger partial charge in [0, 0.05) is 0 Å². The zero-order valence-corrected chi connectivity index (χ0v) is 14.8. The zero-order chi connectivity index (χ0) is 16.2. The van der Waals surface area contributed by atoms with Crippen molar-refractivity contribution in [3.05, 3.63) is 83.7 Å². The molecule has 0 fully saturated rings. The summed E-state index contributed by atoms with van der Waals surface area (Å²) in [6.07, 6.45) is 3.91. The van der Waals surface area contributed by atoms with Crippen LogP contribution in [0.25, 0.3) is 0 Å². The highest BCUT2D eigenvalue weighted by molar-refractivity contribution is 8.08. The van der Waals surface area contributed by atoms with Crippen LogP contribution in [0.2, 0.25) is 0 Å². The van der Waals surface area contributed by atoms with Gasteiger partial charge in [0.15, 0.2) is 14.7 Å². The Labute approximate surface area is 145 Å². The minimum atomic E-state index is -0.149. The van der Waals surface area contributed by atoms with Crippen LogP contribution in [0, 0.1) is 0 Å². The predicted octanol–water partition coefficient (Wildman–Crippen LogP) is 5.81. The van der Waals surface area contributed by atoms with Crippen LogP contribution < -0.4 is 4.74 Å². The lowest BCUT2D eigenvalue weighted by atomic mass is 10.3. The second kappa shape index (κ2) is 7.16. The minimum Gasteiger partial charge on any atom is -0.494 e. The van der Waals surface area contributed by atoms with Crippen LogP contribution in [0.15, 0.2) is 98.3 Å². The summed E-state index contributed by atoms with van der Waals surface area (Å²) >= 11 is 1.77. The van der Waals surface area contributed by atoms with E-state index in [1.54, 1.807) is 11.8 Å². The van der Waals surface area contributed by atoms with Crippen molar-refractivity contribution >= 4 is 22.7 Å². The maximum absolute atomic E-state index is 5.56. The Bertz CT molecular complexity index is 759. The van der Waals surface area contributed by atoms with Crippen LogP contribution in [0.4, 0.5) is 0 Å². The lowest BCUT2D eigenvalue weighted by Gasteiger charge is -2.19. The monoisotopic (exact) mass is 339 g/mol. The van der Waals surface area contributed by atoms with Crippen LogP contribution in [0.3, 0.4) is 0 Å². The van der Waals surface area contributed by atoms with Gasteiger partial charge in [0.05, 0.1) is 16.4 Å². The van der Waals surface area contributed by atoms with E-state index >= 15 is 0 Å². The Morgan fingerprint density at radius 1 is 1.04 bits per heavy atom. The molecule has 0 spiro atoms. The Kier molecular flexibility index (Phi) is 4.99. The second-order valence-corrected chi connectivity index (χ2v) is 7.94. The van der Waals surface area contributed by atoms with Gasteiger partial charge < -0.3 is 4.74 Å². The van der Waals surface area contributed by atoms with Gasteiger partial charge >= 0.3 is 0 Å². The van der Waals surface area contributed by atoms with Gasteiger partial charge in [0.2, 0.25) is 0 Å². The Morgan fingerprint density at radius 3 is 2.43 bits per heavy atom. The van der Waals surface area contributed by atoms with Crippen LogP contribution in [0.1, 0.15) is 6.92 Å². The topological polar surface area (TPSA) is 9.23 Å². The molecule has 2 aromatic rings. The van der Waals surface area contributed by atoms with E-state index in [1.807, 2.05) is 31.2 Å². The number of thioether (sulfide) groups is 1. The fourth-order valence-corrected chi connectivity index (χ4v) is 6.17. The van der Waals surface area contributed by atoms with Gasteiger partial charge in [-0.25, -0.2) is 0 Å². The fourth-order valence-electron chi connectivity index (χ4n) is 2.51. The van der Waals surface area contributed by atoms with Crippen molar-refractivity contribution in [2.75, 3.05) is 6.61 Å². The van der Waals surface area contributed by atoms with Gasteiger partial charge in [-0.3, -0.25) is 0 Å². The summed E-state index contributed by atoms with van der Waals surface area (Å²) in [5, 5.41) is 0. The SMILES string of the molecule is C=CC1=C(C=C)[S+](c2ccc(OCC)cc2)c2ccccc2S1. The molecule has 0 saturated carbocycles. The van der Waals surface area contributed by atoms with Gasteiger partial charge in [-0.15, -0.1) is 0 Å². The first-order valence-corrected chi connectivity index (χ1v) is 9.55. The molecule has 1 atom stereocenters. The smallest absolute Gasteiger partial charge is 0.180 e.